The Balaban J connectivity index is 1.46. The van der Waals surface area contributed by atoms with Gasteiger partial charge in [0, 0.05) is 62.3 Å². The van der Waals surface area contributed by atoms with Gasteiger partial charge in [-0.3, -0.25) is 4.79 Å². The summed E-state index contributed by atoms with van der Waals surface area (Å²) in [5.74, 6) is 1.51. The topological polar surface area (TPSA) is 134 Å². The number of nitrogens with two attached hydrogens (primary N) is 1. The Kier molecular flexibility index (Phi) is 6.22. The van der Waals surface area contributed by atoms with Gasteiger partial charge in [-0.15, -0.1) is 0 Å². The van der Waals surface area contributed by atoms with Crippen LogP contribution in [0.1, 0.15) is 25.8 Å². The summed E-state index contributed by atoms with van der Waals surface area (Å²) in [7, 11) is 0. The lowest BCUT2D eigenvalue weighted by Gasteiger charge is -2.30. The largest absolute Gasteiger partial charge is 0.383 e. The summed E-state index contributed by atoms with van der Waals surface area (Å²) in [5.41, 5.74) is 8.42. The van der Waals surface area contributed by atoms with Crippen LogP contribution >= 0.6 is 0 Å². The minimum Gasteiger partial charge on any atom is -0.383 e. The van der Waals surface area contributed by atoms with Crippen molar-refractivity contribution >= 4 is 23.6 Å². The van der Waals surface area contributed by atoms with E-state index < -0.39 is 6.10 Å². The maximum Gasteiger partial charge on any atom is 0.251 e. The molecule has 0 bridgehead atoms. The molecule has 2 fully saturated rings. The van der Waals surface area contributed by atoms with E-state index in [0.29, 0.717) is 32.3 Å². The maximum absolute atomic E-state index is 12.7. The van der Waals surface area contributed by atoms with Crippen molar-refractivity contribution in [2.24, 2.45) is 5.92 Å². The monoisotopic (exact) mass is 468 g/mol. The number of fused-ring (bicyclic) bond motifs is 1. The van der Waals surface area contributed by atoms with Gasteiger partial charge >= 0.3 is 0 Å². The fourth-order valence-corrected chi connectivity index (χ4v) is 4.89. The number of ether oxygens (including phenoxy) is 1. The predicted molar refractivity (Wildman–Crippen MR) is 127 cm³/mol. The van der Waals surface area contributed by atoms with Crippen LogP contribution in [0.15, 0.2) is 12.4 Å². The number of morpholine rings is 1. The second-order valence-corrected chi connectivity index (χ2v) is 9.46. The molecule has 182 valence electrons. The molecule has 11 heteroatoms. The molecule has 2 aromatic rings. The van der Waals surface area contributed by atoms with Gasteiger partial charge in [0.25, 0.3) is 5.91 Å². The SMILES string of the molecule is CC(C)[C@@H](O)C(=O)N1CC[C@H](N2CCc3c(-c4cnc(N)nc4)nc(N4CCOCC4)nc32)C1. The van der Waals surface area contributed by atoms with E-state index in [1.807, 2.05) is 13.8 Å². The summed E-state index contributed by atoms with van der Waals surface area (Å²) in [4.78, 5) is 37.2. The number of carbonyl (C=O) groups is 1. The quantitative estimate of drug-likeness (QED) is 0.632. The average Bonchev–Trinajstić information content (AvgIpc) is 3.51. The van der Waals surface area contributed by atoms with Gasteiger partial charge in [0.15, 0.2) is 0 Å². The summed E-state index contributed by atoms with van der Waals surface area (Å²) in [5, 5.41) is 10.3. The van der Waals surface area contributed by atoms with Crippen LogP contribution in [0.2, 0.25) is 0 Å². The van der Waals surface area contributed by atoms with E-state index >= 15 is 0 Å². The van der Waals surface area contributed by atoms with Crippen molar-refractivity contribution in [3.8, 4) is 11.3 Å². The van der Waals surface area contributed by atoms with Crippen molar-refractivity contribution in [3.63, 3.8) is 0 Å². The predicted octanol–water partition coefficient (Wildman–Crippen LogP) is 0.333. The van der Waals surface area contributed by atoms with Crippen LogP contribution in [0.4, 0.5) is 17.7 Å². The van der Waals surface area contributed by atoms with Gasteiger partial charge in [0.2, 0.25) is 11.9 Å². The molecule has 0 saturated carbocycles. The number of nitrogens with zero attached hydrogens (tertiary/aromatic N) is 7. The normalized spacial score (nSPS) is 21.3. The molecule has 3 aliphatic rings. The van der Waals surface area contributed by atoms with Gasteiger partial charge in [0.05, 0.1) is 18.9 Å². The Morgan fingerprint density at radius 3 is 2.59 bits per heavy atom. The molecule has 2 aromatic heterocycles. The van der Waals surface area contributed by atoms with Gasteiger partial charge in [-0.25, -0.2) is 15.0 Å². The third-order valence-corrected chi connectivity index (χ3v) is 6.89. The Morgan fingerprint density at radius 2 is 1.88 bits per heavy atom. The van der Waals surface area contributed by atoms with Crippen molar-refractivity contribution in [3.05, 3.63) is 18.0 Å². The first-order valence-corrected chi connectivity index (χ1v) is 12.0. The van der Waals surface area contributed by atoms with Crippen LogP contribution in [0, 0.1) is 5.92 Å². The second-order valence-electron chi connectivity index (χ2n) is 9.46. The van der Waals surface area contributed by atoms with Crippen LogP contribution in [0.3, 0.4) is 0 Å². The fraction of sp³-hybridized carbons (Fsp3) is 0.609. The Labute approximate surface area is 199 Å². The van der Waals surface area contributed by atoms with Crippen LogP contribution in [0.5, 0.6) is 0 Å². The average molecular weight is 469 g/mol. The molecular weight excluding hydrogens is 436 g/mol. The number of carbonyl (C=O) groups excluding carboxylic acids is 1. The van der Waals surface area contributed by atoms with Crippen molar-refractivity contribution < 1.29 is 14.6 Å². The lowest BCUT2D eigenvalue weighted by Crippen LogP contribution is -2.43. The third kappa shape index (κ3) is 4.25. The molecule has 2 saturated heterocycles. The van der Waals surface area contributed by atoms with Crippen LogP contribution in [-0.2, 0) is 16.0 Å². The van der Waals surface area contributed by atoms with Gasteiger partial charge < -0.3 is 30.3 Å². The first-order chi connectivity index (χ1) is 16.4. The zero-order valence-electron chi connectivity index (χ0n) is 19.7. The highest BCUT2D eigenvalue weighted by Gasteiger charge is 2.38. The van der Waals surface area contributed by atoms with E-state index in [2.05, 4.69) is 19.8 Å². The number of hydrogen-bond acceptors (Lipinski definition) is 10. The van der Waals surface area contributed by atoms with Crippen LogP contribution < -0.4 is 15.5 Å². The smallest absolute Gasteiger partial charge is 0.251 e. The summed E-state index contributed by atoms with van der Waals surface area (Å²) in [6.45, 7) is 8.49. The first kappa shape index (κ1) is 22.7. The Bertz CT molecular complexity index is 1040. The number of rotatable bonds is 5. The minimum absolute atomic E-state index is 0.104. The standard InChI is InChI=1S/C23H32N8O3/c1-14(2)19(32)21(33)30-5-3-16(13-30)31-6-4-17-18(15-11-25-22(24)26-12-15)27-23(28-20(17)31)29-7-9-34-10-8-29/h11-12,14,16,19,32H,3-10,13H2,1-2H3,(H2,24,25,26)/t16-,19+/m0/s1. The summed E-state index contributed by atoms with van der Waals surface area (Å²) in [6.07, 6.45) is 4.10. The molecule has 0 aliphatic carbocycles. The number of amides is 1. The Morgan fingerprint density at radius 1 is 1.15 bits per heavy atom. The third-order valence-electron chi connectivity index (χ3n) is 6.89. The van der Waals surface area contributed by atoms with Gasteiger partial charge in [-0.1, -0.05) is 13.8 Å². The van der Waals surface area contributed by atoms with E-state index in [-0.39, 0.29) is 23.8 Å². The van der Waals surface area contributed by atoms with Crippen molar-refractivity contribution in [1.82, 2.24) is 24.8 Å². The lowest BCUT2D eigenvalue weighted by molar-refractivity contribution is -0.141. The first-order valence-electron chi connectivity index (χ1n) is 12.0. The zero-order valence-corrected chi connectivity index (χ0v) is 19.7. The molecule has 0 aromatic carbocycles. The molecule has 34 heavy (non-hydrogen) atoms. The summed E-state index contributed by atoms with van der Waals surface area (Å²) >= 11 is 0. The summed E-state index contributed by atoms with van der Waals surface area (Å²) in [6, 6.07) is 0.146. The molecule has 3 aliphatic heterocycles. The fourth-order valence-electron chi connectivity index (χ4n) is 4.89. The maximum atomic E-state index is 12.7. The number of aliphatic hydroxyl groups excluding tert-OH is 1. The van der Waals surface area contributed by atoms with E-state index in [1.165, 1.54) is 0 Å². The zero-order chi connectivity index (χ0) is 23.8. The molecule has 0 radical (unpaired) electrons. The Hall–Kier alpha value is -3.05. The van der Waals surface area contributed by atoms with E-state index in [9.17, 15) is 9.90 Å². The highest BCUT2D eigenvalue weighted by Crippen LogP contribution is 2.37. The van der Waals surface area contributed by atoms with E-state index in [0.717, 1.165) is 55.1 Å². The highest BCUT2D eigenvalue weighted by atomic mass is 16.5. The number of hydrogen-bond donors (Lipinski definition) is 2. The van der Waals surface area contributed by atoms with Crippen LogP contribution in [-0.4, -0.2) is 93.9 Å². The van der Waals surface area contributed by atoms with Crippen molar-refractivity contribution in [2.45, 2.75) is 38.8 Å². The summed E-state index contributed by atoms with van der Waals surface area (Å²) < 4.78 is 5.52. The van der Waals surface area contributed by atoms with E-state index in [1.54, 1.807) is 17.3 Å². The molecular formula is C23H32N8O3. The molecule has 11 nitrogen and oxygen atoms in total. The lowest BCUT2D eigenvalue weighted by atomic mass is 10.1. The number of aliphatic hydroxyl groups is 1. The molecule has 2 atom stereocenters. The molecule has 5 rings (SSSR count). The van der Waals surface area contributed by atoms with Gasteiger partial charge in [0.1, 0.15) is 11.9 Å². The molecule has 0 unspecified atom stereocenters. The molecule has 5 heterocycles. The van der Waals surface area contributed by atoms with Gasteiger partial charge in [-0.2, -0.15) is 4.98 Å². The van der Waals surface area contributed by atoms with Crippen molar-refractivity contribution in [1.29, 1.82) is 0 Å². The van der Waals surface area contributed by atoms with Gasteiger partial charge in [-0.05, 0) is 18.8 Å². The number of likely N-dealkylation sites (tertiary alicyclic amines) is 1. The van der Waals surface area contributed by atoms with Crippen molar-refractivity contribution in [2.75, 3.05) is 61.5 Å². The second kappa shape index (κ2) is 9.30. The molecule has 3 N–H and O–H groups in total. The number of nitrogen functional groups attached to an aromatic ring is 1. The number of aromatic nitrogens is 4. The van der Waals surface area contributed by atoms with Crippen LogP contribution in [0.25, 0.3) is 11.3 Å². The number of anilines is 3. The van der Waals surface area contributed by atoms with E-state index in [4.69, 9.17) is 20.4 Å². The minimum atomic E-state index is -0.961. The highest BCUT2D eigenvalue weighted by molar-refractivity contribution is 5.81. The molecule has 1 amide bonds. The molecule has 0 spiro atoms.